The highest BCUT2D eigenvalue weighted by atomic mass is 19.1. The van der Waals surface area contributed by atoms with Gasteiger partial charge in [-0.3, -0.25) is 9.59 Å². The van der Waals surface area contributed by atoms with E-state index in [1.54, 1.807) is 0 Å². The van der Waals surface area contributed by atoms with Crippen molar-refractivity contribution in [2.24, 2.45) is 4.99 Å². The second-order valence-electron chi connectivity index (χ2n) is 3.09. The molecule has 1 N–H and O–H groups in total. The van der Waals surface area contributed by atoms with E-state index in [9.17, 15) is 14.0 Å². The van der Waals surface area contributed by atoms with E-state index in [0.717, 1.165) is 6.34 Å². The third-order valence-corrected chi connectivity index (χ3v) is 2.11. The molecule has 0 aliphatic carbocycles. The van der Waals surface area contributed by atoms with Crippen LogP contribution in [0.4, 0.5) is 4.39 Å². The fourth-order valence-corrected chi connectivity index (χ4v) is 1.38. The molecule has 76 valence electrons. The molecule has 1 aromatic carbocycles. The maximum absolute atomic E-state index is 12.6. The number of carbonyl (C=O) groups excluding carboxylic acids is 2. The standard InChI is InChI=1S/C10H7FN2O2/c11-7-3-1-6(2-4-7)8-9(14)12-5-13-10(8)15/h1-5,8H,(H,12,13,14,15). The largest absolute Gasteiger partial charge is 0.316 e. The molecule has 1 heterocycles. The number of aliphatic imine (C=N–C) groups is 1. The molecule has 1 aliphatic rings. The molecule has 0 bridgehead atoms. The molecule has 0 radical (unpaired) electrons. The first-order valence-electron chi connectivity index (χ1n) is 4.31. The fraction of sp³-hybridized carbons (Fsp3) is 0.100. The molecule has 0 fully saturated rings. The lowest BCUT2D eigenvalue weighted by atomic mass is 9.97. The van der Waals surface area contributed by atoms with E-state index in [-0.39, 0.29) is 0 Å². The molecule has 5 heteroatoms. The lowest BCUT2D eigenvalue weighted by Gasteiger charge is -2.15. The van der Waals surface area contributed by atoms with E-state index < -0.39 is 23.5 Å². The van der Waals surface area contributed by atoms with Crippen molar-refractivity contribution < 1.29 is 14.0 Å². The van der Waals surface area contributed by atoms with E-state index in [1.165, 1.54) is 24.3 Å². The number of nitrogens with one attached hydrogen (secondary N) is 1. The fourth-order valence-electron chi connectivity index (χ4n) is 1.38. The summed E-state index contributed by atoms with van der Waals surface area (Å²) in [5.74, 6) is -2.35. The Kier molecular flexibility index (Phi) is 2.29. The maximum atomic E-state index is 12.6. The quantitative estimate of drug-likeness (QED) is 0.684. The second-order valence-corrected chi connectivity index (χ2v) is 3.09. The molecule has 1 atom stereocenters. The number of benzene rings is 1. The van der Waals surface area contributed by atoms with Crippen LogP contribution in [0.3, 0.4) is 0 Å². The lowest BCUT2D eigenvalue weighted by Crippen LogP contribution is -2.36. The number of amides is 2. The summed E-state index contributed by atoms with van der Waals surface area (Å²) in [7, 11) is 0. The first-order chi connectivity index (χ1) is 7.18. The van der Waals surface area contributed by atoms with Crippen LogP contribution in [0, 0.1) is 5.82 Å². The van der Waals surface area contributed by atoms with E-state index in [0.29, 0.717) is 5.56 Å². The minimum Gasteiger partial charge on any atom is -0.316 e. The molecular formula is C10H7FN2O2. The third kappa shape index (κ3) is 1.76. The Bertz CT molecular complexity index is 439. The van der Waals surface area contributed by atoms with E-state index in [4.69, 9.17) is 0 Å². The zero-order chi connectivity index (χ0) is 10.8. The summed E-state index contributed by atoms with van der Waals surface area (Å²) in [6.45, 7) is 0. The highest BCUT2D eigenvalue weighted by Crippen LogP contribution is 2.19. The Morgan fingerprint density at radius 1 is 1.20 bits per heavy atom. The van der Waals surface area contributed by atoms with Gasteiger partial charge >= 0.3 is 0 Å². The maximum Gasteiger partial charge on any atom is 0.264 e. The smallest absolute Gasteiger partial charge is 0.264 e. The van der Waals surface area contributed by atoms with Crippen molar-refractivity contribution in [3.8, 4) is 0 Å². The summed E-state index contributed by atoms with van der Waals surface area (Å²) in [5.41, 5.74) is 0.441. The van der Waals surface area contributed by atoms with Crippen LogP contribution in [-0.4, -0.2) is 18.2 Å². The highest BCUT2D eigenvalue weighted by molar-refractivity contribution is 6.14. The van der Waals surface area contributed by atoms with Gasteiger partial charge in [-0.25, -0.2) is 9.38 Å². The molecule has 1 aromatic rings. The van der Waals surface area contributed by atoms with Gasteiger partial charge in [-0.1, -0.05) is 12.1 Å². The third-order valence-electron chi connectivity index (χ3n) is 2.11. The molecule has 1 aliphatic heterocycles. The van der Waals surface area contributed by atoms with Crippen LogP contribution in [0.15, 0.2) is 29.3 Å². The van der Waals surface area contributed by atoms with Crippen molar-refractivity contribution >= 4 is 18.2 Å². The van der Waals surface area contributed by atoms with Crippen molar-refractivity contribution in [1.82, 2.24) is 5.32 Å². The van der Waals surface area contributed by atoms with Crippen molar-refractivity contribution in [2.75, 3.05) is 0 Å². The molecule has 2 amide bonds. The summed E-state index contributed by atoms with van der Waals surface area (Å²) < 4.78 is 12.6. The summed E-state index contributed by atoms with van der Waals surface area (Å²) in [6.07, 6.45) is 1.06. The van der Waals surface area contributed by atoms with Crippen LogP contribution in [0.5, 0.6) is 0 Å². The molecule has 2 rings (SSSR count). The van der Waals surface area contributed by atoms with Gasteiger partial charge in [0.05, 0.1) is 6.34 Å². The summed E-state index contributed by atoms with van der Waals surface area (Å²) in [6, 6.07) is 5.21. The monoisotopic (exact) mass is 206 g/mol. The van der Waals surface area contributed by atoms with Crippen molar-refractivity contribution in [3.63, 3.8) is 0 Å². The first-order valence-corrected chi connectivity index (χ1v) is 4.31. The number of hydrogen-bond acceptors (Lipinski definition) is 2. The first kappa shape index (κ1) is 9.51. The van der Waals surface area contributed by atoms with E-state index >= 15 is 0 Å². The summed E-state index contributed by atoms with van der Waals surface area (Å²) >= 11 is 0. The van der Waals surface area contributed by atoms with Crippen molar-refractivity contribution in [1.29, 1.82) is 0 Å². The van der Waals surface area contributed by atoms with E-state index in [1.807, 2.05) is 0 Å². The molecular weight excluding hydrogens is 199 g/mol. The zero-order valence-corrected chi connectivity index (χ0v) is 7.61. The van der Waals surface area contributed by atoms with Gasteiger partial charge in [0, 0.05) is 0 Å². The van der Waals surface area contributed by atoms with Crippen LogP contribution in [0.2, 0.25) is 0 Å². The molecule has 0 spiro atoms. The highest BCUT2D eigenvalue weighted by Gasteiger charge is 2.30. The van der Waals surface area contributed by atoms with Gasteiger partial charge < -0.3 is 5.32 Å². The van der Waals surface area contributed by atoms with Gasteiger partial charge in [0.25, 0.3) is 5.91 Å². The van der Waals surface area contributed by atoms with Crippen molar-refractivity contribution in [3.05, 3.63) is 35.6 Å². The molecule has 1 unspecified atom stereocenters. The van der Waals surface area contributed by atoms with Crippen molar-refractivity contribution in [2.45, 2.75) is 5.92 Å². The zero-order valence-electron chi connectivity index (χ0n) is 7.61. The van der Waals surface area contributed by atoms with Gasteiger partial charge in [-0.05, 0) is 17.7 Å². The van der Waals surface area contributed by atoms with Crippen LogP contribution in [0.1, 0.15) is 11.5 Å². The normalized spacial score (nSPS) is 20.2. The number of nitrogens with zero attached hydrogens (tertiary/aromatic N) is 1. The van der Waals surface area contributed by atoms with Crippen LogP contribution in [-0.2, 0) is 9.59 Å². The number of rotatable bonds is 1. The Hall–Kier alpha value is -2.04. The topological polar surface area (TPSA) is 58.5 Å². The van der Waals surface area contributed by atoms with Gasteiger partial charge in [0.1, 0.15) is 11.7 Å². The predicted molar refractivity (Wildman–Crippen MR) is 50.8 cm³/mol. The number of hydrogen-bond donors (Lipinski definition) is 1. The number of halogens is 1. The molecule has 0 saturated carbocycles. The minimum atomic E-state index is -0.962. The number of carbonyl (C=O) groups is 2. The Morgan fingerprint density at radius 2 is 1.87 bits per heavy atom. The molecule has 4 nitrogen and oxygen atoms in total. The predicted octanol–water partition coefficient (Wildman–Crippen LogP) is 0.594. The summed E-state index contributed by atoms with van der Waals surface area (Å²) in [4.78, 5) is 26.2. The lowest BCUT2D eigenvalue weighted by molar-refractivity contribution is -0.129. The van der Waals surface area contributed by atoms with E-state index in [2.05, 4.69) is 10.3 Å². The molecule has 0 aromatic heterocycles. The van der Waals surface area contributed by atoms with Crippen LogP contribution >= 0.6 is 0 Å². The average molecular weight is 206 g/mol. The SMILES string of the molecule is O=C1N=CNC(=O)C1c1ccc(F)cc1. The molecule has 15 heavy (non-hydrogen) atoms. The van der Waals surface area contributed by atoms with Gasteiger partial charge in [0.2, 0.25) is 5.91 Å². The van der Waals surface area contributed by atoms with Gasteiger partial charge in [-0.15, -0.1) is 0 Å². The van der Waals surface area contributed by atoms with Crippen LogP contribution < -0.4 is 5.32 Å². The van der Waals surface area contributed by atoms with Crippen LogP contribution in [0.25, 0.3) is 0 Å². The Morgan fingerprint density at radius 3 is 2.47 bits per heavy atom. The Labute approximate surface area is 84.8 Å². The van der Waals surface area contributed by atoms with Gasteiger partial charge in [0.15, 0.2) is 0 Å². The summed E-state index contributed by atoms with van der Waals surface area (Å²) in [5, 5.41) is 2.33. The average Bonchev–Trinajstić information content (AvgIpc) is 2.20. The second kappa shape index (κ2) is 3.61. The van der Waals surface area contributed by atoms with Gasteiger partial charge in [-0.2, -0.15) is 0 Å². The minimum absolute atomic E-state index is 0.411. The Balaban J connectivity index is 2.37. The molecule has 0 saturated heterocycles.